The van der Waals surface area contributed by atoms with E-state index in [1.54, 1.807) is 6.92 Å². The van der Waals surface area contributed by atoms with Crippen molar-refractivity contribution in [3.8, 4) is 11.1 Å². The number of amides is 2. The predicted octanol–water partition coefficient (Wildman–Crippen LogP) is 3.44. The average Bonchev–Trinajstić information content (AvgIpc) is 3.16. The van der Waals surface area contributed by atoms with Crippen LogP contribution in [-0.2, 0) is 19.1 Å². The number of fused-ring (bicyclic) bond motifs is 3. The van der Waals surface area contributed by atoms with Gasteiger partial charge in [0, 0.05) is 32.0 Å². The van der Waals surface area contributed by atoms with Crippen molar-refractivity contribution in [2.24, 2.45) is 0 Å². The summed E-state index contributed by atoms with van der Waals surface area (Å²) in [5.74, 6) is -1.78. The van der Waals surface area contributed by atoms with Crippen molar-refractivity contribution in [1.82, 2.24) is 10.6 Å². The topological polar surface area (TPSA) is 114 Å². The minimum atomic E-state index is -1.44. The lowest BCUT2D eigenvalue weighted by Gasteiger charge is -2.38. The van der Waals surface area contributed by atoms with Crippen LogP contribution in [0.1, 0.15) is 50.2 Å². The van der Waals surface area contributed by atoms with Gasteiger partial charge in [-0.1, -0.05) is 55.5 Å². The highest BCUT2D eigenvalue weighted by Gasteiger charge is 2.46. The fourth-order valence-electron chi connectivity index (χ4n) is 4.62. The third-order valence-electron chi connectivity index (χ3n) is 7.03. The van der Waals surface area contributed by atoms with Gasteiger partial charge in [0.05, 0.1) is 0 Å². The van der Waals surface area contributed by atoms with E-state index in [4.69, 9.17) is 9.47 Å². The summed E-state index contributed by atoms with van der Waals surface area (Å²) in [6.07, 6.45) is -0.0660. The largest absolute Gasteiger partial charge is 0.480 e. The van der Waals surface area contributed by atoms with Crippen molar-refractivity contribution in [2.45, 2.75) is 50.1 Å². The van der Waals surface area contributed by atoms with Crippen LogP contribution >= 0.6 is 0 Å². The van der Waals surface area contributed by atoms with Gasteiger partial charge in [0.1, 0.15) is 17.7 Å². The van der Waals surface area contributed by atoms with Crippen LogP contribution in [0.15, 0.2) is 48.5 Å². The monoisotopic (exact) mass is 466 g/mol. The number of hydrogen-bond donors (Lipinski definition) is 3. The van der Waals surface area contributed by atoms with Gasteiger partial charge in [-0.15, -0.1) is 0 Å². The van der Waals surface area contributed by atoms with Crippen LogP contribution < -0.4 is 10.6 Å². The highest BCUT2D eigenvalue weighted by Crippen LogP contribution is 2.44. The second kappa shape index (κ2) is 9.46. The molecule has 180 valence electrons. The first-order valence-electron chi connectivity index (χ1n) is 11.6. The van der Waals surface area contributed by atoms with E-state index in [9.17, 15) is 19.5 Å². The molecule has 3 N–H and O–H groups in total. The van der Waals surface area contributed by atoms with Crippen LogP contribution in [0.2, 0.25) is 0 Å². The number of carboxylic acids is 1. The summed E-state index contributed by atoms with van der Waals surface area (Å²) in [5.41, 5.74) is 1.70. The van der Waals surface area contributed by atoms with Crippen LogP contribution in [0, 0.1) is 0 Å². The van der Waals surface area contributed by atoms with Gasteiger partial charge in [-0.25, -0.2) is 9.59 Å². The second-order valence-electron chi connectivity index (χ2n) is 9.09. The molecule has 4 rings (SSSR count). The van der Waals surface area contributed by atoms with Crippen molar-refractivity contribution in [3.63, 3.8) is 0 Å². The lowest BCUT2D eigenvalue weighted by Crippen LogP contribution is -2.66. The quantitative estimate of drug-likeness (QED) is 0.576. The van der Waals surface area contributed by atoms with Gasteiger partial charge in [0.25, 0.3) is 0 Å². The molecule has 1 aliphatic heterocycles. The molecule has 1 heterocycles. The van der Waals surface area contributed by atoms with Crippen molar-refractivity contribution in [3.05, 3.63) is 59.7 Å². The molecule has 0 radical (unpaired) electrons. The van der Waals surface area contributed by atoms with Crippen LogP contribution in [0.5, 0.6) is 0 Å². The number of rotatable bonds is 7. The van der Waals surface area contributed by atoms with Gasteiger partial charge in [-0.3, -0.25) is 4.79 Å². The predicted molar refractivity (Wildman–Crippen MR) is 125 cm³/mol. The van der Waals surface area contributed by atoms with E-state index in [0.29, 0.717) is 0 Å². The molecule has 0 spiro atoms. The van der Waals surface area contributed by atoms with Crippen LogP contribution in [0.4, 0.5) is 4.79 Å². The number of carbonyl (C=O) groups is 3. The molecule has 2 amide bonds. The Bertz CT molecular complexity index is 1050. The maximum Gasteiger partial charge on any atom is 0.408 e. The third-order valence-corrected chi connectivity index (χ3v) is 7.03. The van der Waals surface area contributed by atoms with E-state index >= 15 is 0 Å². The summed E-state index contributed by atoms with van der Waals surface area (Å²) in [6.45, 7) is 3.80. The summed E-state index contributed by atoms with van der Waals surface area (Å²) in [4.78, 5) is 37.8. The Balaban J connectivity index is 1.48. The molecule has 0 aromatic heterocycles. The number of alkyl carbamates (subject to hydrolysis) is 1. The molecule has 1 aliphatic carbocycles. The standard InChI is InChI=1S/C26H30N2O6/c1-3-25(2,23(30)31)27-22(29)26(12-14-33-15-13-26)28-24(32)34-16-21-19-10-6-4-8-17(19)18-9-5-7-11-20(18)21/h4-11,21H,3,12-16H2,1-2H3,(H,27,29)(H,28,32)(H,30,31). The lowest BCUT2D eigenvalue weighted by atomic mass is 9.87. The van der Waals surface area contributed by atoms with Crippen molar-refractivity contribution in [2.75, 3.05) is 19.8 Å². The van der Waals surface area contributed by atoms with Crippen LogP contribution in [-0.4, -0.2) is 54.0 Å². The van der Waals surface area contributed by atoms with Gasteiger partial charge >= 0.3 is 12.1 Å². The Kier molecular flexibility index (Phi) is 6.61. The lowest BCUT2D eigenvalue weighted by molar-refractivity contribution is -0.149. The summed E-state index contributed by atoms with van der Waals surface area (Å²) in [7, 11) is 0. The first-order valence-corrected chi connectivity index (χ1v) is 11.6. The Morgan fingerprint density at radius 3 is 2.15 bits per heavy atom. The van der Waals surface area contributed by atoms with Crippen molar-refractivity contribution >= 4 is 18.0 Å². The number of hydrogen-bond acceptors (Lipinski definition) is 5. The zero-order chi connectivity index (χ0) is 24.3. The number of aliphatic carboxylic acids is 1. The Morgan fingerprint density at radius 2 is 1.62 bits per heavy atom. The Morgan fingerprint density at radius 1 is 1.06 bits per heavy atom. The zero-order valence-electron chi connectivity index (χ0n) is 19.4. The fourth-order valence-corrected chi connectivity index (χ4v) is 4.62. The zero-order valence-corrected chi connectivity index (χ0v) is 19.4. The Hall–Kier alpha value is -3.39. The molecule has 8 heteroatoms. The molecule has 2 aromatic carbocycles. The van der Waals surface area contributed by atoms with Crippen LogP contribution in [0.25, 0.3) is 11.1 Å². The van der Waals surface area contributed by atoms with E-state index in [1.165, 1.54) is 6.92 Å². The minimum absolute atomic E-state index is 0.104. The number of nitrogens with one attached hydrogen (secondary N) is 2. The molecular weight excluding hydrogens is 436 g/mol. The number of carbonyl (C=O) groups excluding carboxylic acids is 2. The summed E-state index contributed by atoms with van der Waals surface area (Å²) >= 11 is 0. The molecular formula is C26H30N2O6. The summed E-state index contributed by atoms with van der Waals surface area (Å²) < 4.78 is 11.0. The minimum Gasteiger partial charge on any atom is -0.480 e. The molecule has 8 nitrogen and oxygen atoms in total. The normalized spacial score (nSPS) is 18.2. The summed E-state index contributed by atoms with van der Waals surface area (Å²) in [6, 6.07) is 16.1. The number of carboxylic acid groups (broad SMARTS) is 1. The van der Waals surface area contributed by atoms with E-state index in [1.807, 2.05) is 36.4 Å². The molecule has 0 bridgehead atoms. The van der Waals surface area contributed by atoms with Crippen molar-refractivity contribution < 1.29 is 29.0 Å². The van der Waals surface area contributed by atoms with E-state index < -0.39 is 29.0 Å². The van der Waals surface area contributed by atoms with E-state index in [2.05, 4.69) is 22.8 Å². The highest BCUT2D eigenvalue weighted by molar-refractivity contribution is 5.94. The molecule has 2 aromatic rings. The number of ether oxygens (including phenoxy) is 2. The molecule has 34 heavy (non-hydrogen) atoms. The molecule has 1 fully saturated rings. The second-order valence-corrected chi connectivity index (χ2v) is 9.09. The van der Waals surface area contributed by atoms with Crippen molar-refractivity contribution in [1.29, 1.82) is 0 Å². The SMILES string of the molecule is CCC(C)(NC(=O)C1(NC(=O)OCC2c3ccccc3-c3ccccc32)CCOCC1)C(=O)O. The first kappa shape index (κ1) is 23.8. The first-order chi connectivity index (χ1) is 16.3. The number of benzene rings is 2. The van der Waals surface area contributed by atoms with Gasteiger partial charge in [-0.05, 0) is 35.6 Å². The molecule has 2 aliphatic rings. The maximum atomic E-state index is 13.2. The van der Waals surface area contributed by atoms with Gasteiger partial charge in [0.15, 0.2) is 0 Å². The molecule has 1 unspecified atom stereocenters. The molecule has 1 saturated heterocycles. The van der Waals surface area contributed by atoms with Gasteiger partial charge in [-0.2, -0.15) is 0 Å². The molecule has 0 saturated carbocycles. The van der Waals surface area contributed by atoms with E-state index in [0.717, 1.165) is 22.3 Å². The molecule has 1 atom stereocenters. The highest BCUT2D eigenvalue weighted by atomic mass is 16.5. The van der Waals surface area contributed by atoms with E-state index in [-0.39, 0.29) is 45.0 Å². The smallest absolute Gasteiger partial charge is 0.408 e. The summed E-state index contributed by atoms with van der Waals surface area (Å²) in [5, 5.41) is 14.9. The fraction of sp³-hybridized carbons (Fsp3) is 0.423. The average molecular weight is 467 g/mol. The van der Waals surface area contributed by atoms with Crippen LogP contribution in [0.3, 0.4) is 0 Å². The van der Waals surface area contributed by atoms with Gasteiger partial charge < -0.3 is 25.2 Å². The van der Waals surface area contributed by atoms with Gasteiger partial charge in [0.2, 0.25) is 5.91 Å². The Labute approximate surface area is 198 Å². The maximum absolute atomic E-state index is 13.2. The third kappa shape index (κ3) is 4.37.